The fourth-order valence-electron chi connectivity index (χ4n) is 2.30. The maximum atomic E-state index is 11.2. The summed E-state index contributed by atoms with van der Waals surface area (Å²) in [5, 5.41) is 0.497. The summed E-state index contributed by atoms with van der Waals surface area (Å²) in [6, 6.07) is 5.53. The van der Waals surface area contributed by atoms with Gasteiger partial charge in [0.25, 0.3) is 0 Å². The van der Waals surface area contributed by atoms with Crippen molar-refractivity contribution < 1.29 is 4.79 Å². The molecule has 1 aliphatic heterocycles. The average Bonchev–Trinajstić information content (AvgIpc) is 2.85. The highest BCUT2D eigenvalue weighted by atomic mass is 35.5. The van der Waals surface area contributed by atoms with Crippen LogP contribution in [0, 0.1) is 0 Å². The van der Waals surface area contributed by atoms with Crippen molar-refractivity contribution in [3.8, 4) is 0 Å². The van der Waals surface area contributed by atoms with Gasteiger partial charge in [0, 0.05) is 31.2 Å². The number of nitrogens with zero attached hydrogens (tertiary/aromatic N) is 3. The van der Waals surface area contributed by atoms with Gasteiger partial charge in [0.1, 0.15) is 5.82 Å². The summed E-state index contributed by atoms with van der Waals surface area (Å²) in [5.74, 6) is 1.01. The van der Waals surface area contributed by atoms with E-state index in [0.29, 0.717) is 17.1 Å². The van der Waals surface area contributed by atoms with Gasteiger partial charge in [-0.2, -0.15) is 0 Å². The van der Waals surface area contributed by atoms with Crippen LogP contribution in [-0.4, -0.2) is 22.4 Å². The van der Waals surface area contributed by atoms with Crippen LogP contribution >= 0.6 is 11.6 Å². The minimum absolute atomic E-state index is 0.497. The van der Waals surface area contributed by atoms with Crippen molar-refractivity contribution in [2.75, 3.05) is 11.4 Å². The third-order valence-corrected chi connectivity index (χ3v) is 3.56. The molecule has 0 saturated carbocycles. The monoisotopic (exact) mass is 261 g/mol. The SMILES string of the molecule is O=Cc1c(Cl)cccc1N1CCn2ccnc2C1. The molecule has 1 aliphatic rings. The summed E-state index contributed by atoms with van der Waals surface area (Å²) in [5.41, 5.74) is 1.44. The number of carbonyl (C=O) groups is 1. The summed E-state index contributed by atoms with van der Waals surface area (Å²) in [4.78, 5) is 17.6. The third-order valence-electron chi connectivity index (χ3n) is 3.23. The van der Waals surface area contributed by atoms with E-state index in [4.69, 9.17) is 11.6 Å². The van der Waals surface area contributed by atoms with Crippen LogP contribution in [0.25, 0.3) is 0 Å². The number of rotatable bonds is 2. The molecule has 2 heterocycles. The van der Waals surface area contributed by atoms with Crippen molar-refractivity contribution >= 4 is 23.6 Å². The number of carbonyl (C=O) groups excluding carboxylic acids is 1. The first-order valence-electron chi connectivity index (χ1n) is 5.78. The van der Waals surface area contributed by atoms with Gasteiger partial charge in [0.15, 0.2) is 6.29 Å². The lowest BCUT2D eigenvalue weighted by Gasteiger charge is -2.30. The van der Waals surface area contributed by atoms with Gasteiger partial charge < -0.3 is 9.47 Å². The molecule has 1 aromatic heterocycles. The lowest BCUT2D eigenvalue weighted by Crippen LogP contribution is -2.34. The molecule has 4 nitrogen and oxygen atoms in total. The van der Waals surface area contributed by atoms with Crippen molar-refractivity contribution in [1.82, 2.24) is 9.55 Å². The van der Waals surface area contributed by atoms with E-state index in [1.807, 2.05) is 18.3 Å². The van der Waals surface area contributed by atoms with Gasteiger partial charge in [-0.3, -0.25) is 4.79 Å². The molecule has 0 unspecified atom stereocenters. The highest BCUT2D eigenvalue weighted by Gasteiger charge is 2.19. The van der Waals surface area contributed by atoms with E-state index in [1.165, 1.54) is 0 Å². The van der Waals surface area contributed by atoms with Crippen LogP contribution in [0.15, 0.2) is 30.6 Å². The fraction of sp³-hybridized carbons (Fsp3) is 0.231. The molecular weight excluding hydrogens is 250 g/mol. The number of hydrogen-bond acceptors (Lipinski definition) is 3. The van der Waals surface area contributed by atoms with E-state index in [-0.39, 0.29) is 0 Å². The molecule has 0 amide bonds. The zero-order valence-corrected chi connectivity index (χ0v) is 10.5. The standard InChI is InChI=1S/C13H12ClN3O/c14-11-2-1-3-12(10(11)9-18)17-7-6-16-5-4-15-13(16)8-17/h1-5,9H,6-8H2. The van der Waals surface area contributed by atoms with E-state index in [1.54, 1.807) is 12.3 Å². The Morgan fingerprint density at radius 3 is 3.06 bits per heavy atom. The Morgan fingerprint density at radius 1 is 1.33 bits per heavy atom. The van der Waals surface area contributed by atoms with Crippen LogP contribution in [0.4, 0.5) is 5.69 Å². The molecule has 0 atom stereocenters. The van der Waals surface area contributed by atoms with E-state index < -0.39 is 0 Å². The van der Waals surface area contributed by atoms with Gasteiger partial charge in [-0.15, -0.1) is 0 Å². The second kappa shape index (κ2) is 4.46. The Kier molecular flexibility index (Phi) is 2.80. The Labute approximate surface area is 110 Å². The largest absolute Gasteiger partial charge is 0.362 e. The Bertz CT molecular complexity index is 594. The number of benzene rings is 1. The molecule has 0 bridgehead atoms. The van der Waals surface area contributed by atoms with E-state index in [2.05, 4.69) is 14.5 Å². The maximum Gasteiger partial charge on any atom is 0.153 e. The highest BCUT2D eigenvalue weighted by molar-refractivity contribution is 6.33. The number of aromatic nitrogens is 2. The molecule has 0 radical (unpaired) electrons. The molecule has 0 N–H and O–H groups in total. The molecule has 3 rings (SSSR count). The van der Waals surface area contributed by atoms with E-state index in [0.717, 1.165) is 30.9 Å². The van der Waals surface area contributed by atoms with Gasteiger partial charge in [0.2, 0.25) is 0 Å². The number of fused-ring (bicyclic) bond motifs is 1. The minimum atomic E-state index is 0.497. The number of anilines is 1. The Hall–Kier alpha value is -1.81. The van der Waals surface area contributed by atoms with Crippen molar-refractivity contribution in [3.05, 3.63) is 47.0 Å². The van der Waals surface area contributed by atoms with Gasteiger partial charge in [0.05, 0.1) is 17.1 Å². The topological polar surface area (TPSA) is 38.1 Å². The number of imidazole rings is 1. The number of halogens is 1. The first-order valence-corrected chi connectivity index (χ1v) is 6.16. The van der Waals surface area contributed by atoms with Crippen molar-refractivity contribution in [1.29, 1.82) is 0 Å². The van der Waals surface area contributed by atoms with Crippen molar-refractivity contribution in [3.63, 3.8) is 0 Å². The zero-order valence-electron chi connectivity index (χ0n) is 9.71. The van der Waals surface area contributed by atoms with E-state index >= 15 is 0 Å². The molecule has 0 saturated heterocycles. The van der Waals surface area contributed by atoms with Crippen LogP contribution in [0.2, 0.25) is 5.02 Å². The number of hydrogen-bond donors (Lipinski definition) is 0. The Balaban J connectivity index is 1.98. The van der Waals surface area contributed by atoms with Crippen LogP contribution < -0.4 is 4.90 Å². The summed E-state index contributed by atoms with van der Waals surface area (Å²) < 4.78 is 2.13. The smallest absolute Gasteiger partial charge is 0.153 e. The second-order valence-electron chi connectivity index (χ2n) is 4.25. The van der Waals surface area contributed by atoms with Gasteiger partial charge in [-0.1, -0.05) is 17.7 Å². The molecule has 2 aromatic rings. The molecular formula is C13H12ClN3O. The van der Waals surface area contributed by atoms with Crippen LogP contribution in [0.1, 0.15) is 16.2 Å². The van der Waals surface area contributed by atoms with Crippen LogP contribution in [-0.2, 0) is 13.1 Å². The fourth-order valence-corrected chi connectivity index (χ4v) is 2.51. The minimum Gasteiger partial charge on any atom is -0.362 e. The van der Waals surface area contributed by atoms with Gasteiger partial charge in [-0.05, 0) is 12.1 Å². The average molecular weight is 262 g/mol. The quantitative estimate of drug-likeness (QED) is 0.779. The Morgan fingerprint density at radius 2 is 2.22 bits per heavy atom. The summed E-state index contributed by atoms with van der Waals surface area (Å²) >= 11 is 6.05. The maximum absolute atomic E-state index is 11.2. The van der Waals surface area contributed by atoms with Gasteiger partial charge in [-0.25, -0.2) is 4.98 Å². The lowest BCUT2D eigenvalue weighted by atomic mass is 10.1. The summed E-state index contributed by atoms with van der Waals surface area (Å²) in [6.07, 6.45) is 4.60. The zero-order chi connectivity index (χ0) is 12.5. The van der Waals surface area contributed by atoms with Gasteiger partial charge >= 0.3 is 0 Å². The number of aldehydes is 1. The normalized spacial score (nSPS) is 14.4. The lowest BCUT2D eigenvalue weighted by molar-refractivity contribution is 0.112. The first-order chi connectivity index (χ1) is 8.79. The highest BCUT2D eigenvalue weighted by Crippen LogP contribution is 2.28. The molecule has 0 aliphatic carbocycles. The van der Waals surface area contributed by atoms with E-state index in [9.17, 15) is 4.79 Å². The molecule has 92 valence electrons. The van der Waals surface area contributed by atoms with Crippen LogP contribution in [0.5, 0.6) is 0 Å². The summed E-state index contributed by atoms with van der Waals surface area (Å²) in [7, 11) is 0. The third kappa shape index (κ3) is 1.78. The molecule has 0 fully saturated rings. The van der Waals surface area contributed by atoms with Crippen molar-refractivity contribution in [2.24, 2.45) is 0 Å². The summed E-state index contributed by atoms with van der Waals surface area (Å²) in [6.45, 7) is 2.43. The molecule has 18 heavy (non-hydrogen) atoms. The predicted octanol–water partition coefficient (Wildman–Crippen LogP) is 2.37. The first kappa shape index (κ1) is 11.3. The predicted molar refractivity (Wildman–Crippen MR) is 70.1 cm³/mol. The molecule has 0 spiro atoms. The second-order valence-corrected chi connectivity index (χ2v) is 4.66. The van der Waals surface area contributed by atoms with Crippen molar-refractivity contribution in [2.45, 2.75) is 13.1 Å². The molecule has 1 aromatic carbocycles. The van der Waals surface area contributed by atoms with Crippen LogP contribution in [0.3, 0.4) is 0 Å². The molecule has 5 heteroatoms.